The quantitative estimate of drug-likeness (QED) is 0.628. The highest BCUT2D eigenvalue weighted by atomic mass is 16.6. The van der Waals surface area contributed by atoms with E-state index in [1.807, 2.05) is 37.8 Å². The molecule has 9 nitrogen and oxygen atoms in total. The summed E-state index contributed by atoms with van der Waals surface area (Å²) >= 11 is 0. The lowest BCUT2D eigenvalue weighted by Gasteiger charge is -2.37. The van der Waals surface area contributed by atoms with Crippen molar-refractivity contribution in [1.29, 1.82) is 0 Å². The first-order chi connectivity index (χ1) is 16.6. The van der Waals surface area contributed by atoms with E-state index >= 15 is 0 Å². The third-order valence-corrected chi connectivity index (χ3v) is 7.29. The number of rotatable bonds is 4. The first-order valence-electron chi connectivity index (χ1n) is 12.8. The summed E-state index contributed by atoms with van der Waals surface area (Å²) in [7, 11) is 0. The molecule has 4 heterocycles. The van der Waals surface area contributed by atoms with Crippen molar-refractivity contribution in [3.63, 3.8) is 0 Å². The molecule has 3 fully saturated rings. The van der Waals surface area contributed by atoms with Gasteiger partial charge in [-0.05, 0) is 64.5 Å². The van der Waals surface area contributed by atoms with Gasteiger partial charge in [-0.15, -0.1) is 0 Å². The van der Waals surface area contributed by atoms with Gasteiger partial charge >= 0.3 is 5.97 Å². The van der Waals surface area contributed by atoms with Gasteiger partial charge in [-0.3, -0.25) is 14.4 Å². The third-order valence-electron chi connectivity index (χ3n) is 7.29. The number of carbonyl (C=O) groups is 3. The maximum absolute atomic E-state index is 13.1. The summed E-state index contributed by atoms with van der Waals surface area (Å²) < 4.78 is 5.51. The number of aliphatic hydroxyl groups is 1. The Hall–Kier alpha value is -2.68. The molecule has 2 atom stereocenters. The van der Waals surface area contributed by atoms with Crippen LogP contribution < -0.4 is 10.2 Å². The molecule has 0 radical (unpaired) electrons. The van der Waals surface area contributed by atoms with Gasteiger partial charge in [-0.1, -0.05) is 6.07 Å². The van der Waals surface area contributed by atoms with Crippen LogP contribution in [0.4, 0.5) is 5.82 Å². The van der Waals surface area contributed by atoms with Crippen LogP contribution in [0.5, 0.6) is 0 Å². The number of ether oxygens (including phenoxy) is 1. The molecule has 3 saturated heterocycles. The zero-order chi connectivity index (χ0) is 25.2. The van der Waals surface area contributed by atoms with E-state index < -0.39 is 11.8 Å². The van der Waals surface area contributed by atoms with Crippen LogP contribution in [0.2, 0.25) is 0 Å². The van der Waals surface area contributed by atoms with Gasteiger partial charge in [0.15, 0.2) is 0 Å². The first kappa shape index (κ1) is 25.4. The monoisotopic (exact) mass is 486 g/mol. The fourth-order valence-electron chi connectivity index (χ4n) is 5.27. The third kappa shape index (κ3) is 6.31. The molecule has 192 valence electrons. The van der Waals surface area contributed by atoms with E-state index in [0.29, 0.717) is 38.8 Å². The van der Waals surface area contributed by atoms with E-state index in [4.69, 9.17) is 4.74 Å². The van der Waals surface area contributed by atoms with Gasteiger partial charge in [0, 0.05) is 50.6 Å². The zero-order valence-electron chi connectivity index (χ0n) is 21.0. The number of anilines is 1. The maximum atomic E-state index is 13.1. The number of nitrogens with zero attached hydrogens (tertiary/aromatic N) is 3. The number of hydrogen-bond donors (Lipinski definition) is 2. The molecule has 0 aliphatic carbocycles. The first-order valence-corrected chi connectivity index (χ1v) is 12.8. The lowest BCUT2D eigenvalue weighted by atomic mass is 9.90. The molecule has 4 rings (SSSR count). The van der Waals surface area contributed by atoms with Gasteiger partial charge in [0.25, 0.3) is 0 Å². The fourth-order valence-corrected chi connectivity index (χ4v) is 5.27. The predicted molar refractivity (Wildman–Crippen MR) is 130 cm³/mol. The minimum atomic E-state index is -0.875. The SMILES string of the molecule is CC(C)(C)OC(=O)C1CCN(C(=O)C2CCN(c3ccc(C4CCC(=O)NC4O)cn3)CC2)CC1. The average Bonchev–Trinajstić information content (AvgIpc) is 2.83. The van der Waals surface area contributed by atoms with Gasteiger partial charge in [-0.2, -0.15) is 0 Å². The fraction of sp³-hybridized carbons (Fsp3) is 0.692. The number of nitrogens with one attached hydrogen (secondary N) is 1. The Bertz CT molecular complexity index is 913. The molecule has 35 heavy (non-hydrogen) atoms. The van der Waals surface area contributed by atoms with Crippen molar-refractivity contribution in [3.05, 3.63) is 23.9 Å². The van der Waals surface area contributed by atoms with Crippen molar-refractivity contribution in [2.75, 3.05) is 31.1 Å². The van der Waals surface area contributed by atoms with E-state index in [-0.39, 0.29) is 35.5 Å². The summed E-state index contributed by atoms with van der Waals surface area (Å²) in [4.78, 5) is 45.6. The molecular weight excluding hydrogens is 448 g/mol. The second-order valence-corrected chi connectivity index (χ2v) is 11.0. The van der Waals surface area contributed by atoms with Gasteiger partial charge in [0.05, 0.1) is 5.92 Å². The van der Waals surface area contributed by atoms with E-state index in [1.165, 1.54) is 0 Å². The minimum absolute atomic E-state index is 0.00426. The van der Waals surface area contributed by atoms with Crippen molar-refractivity contribution in [3.8, 4) is 0 Å². The predicted octanol–water partition coefficient (Wildman–Crippen LogP) is 2.19. The summed E-state index contributed by atoms with van der Waals surface area (Å²) in [5.74, 6) is 0.528. The molecule has 9 heteroatoms. The number of aromatic nitrogens is 1. The molecule has 0 saturated carbocycles. The highest BCUT2D eigenvalue weighted by molar-refractivity contribution is 5.80. The van der Waals surface area contributed by atoms with E-state index in [1.54, 1.807) is 6.20 Å². The molecule has 2 N–H and O–H groups in total. The molecule has 3 aliphatic heterocycles. The number of hydrogen-bond acceptors (Lipinski definition) is 7. The topological polar surface area (TPSA) is 112 Å². The van der Waals surface area contributed by atoms with Gasteiger partial charge in [0.2, 0.25) is 11.8 Å². The smallest absolute Gasteiger partial charge is 0.309 e. The van der Waals surface area contributed by atoms with Crippen LogP contribution in [0.15, 0.2) is 18.3 Å². The second kappa shape index (κ2) is 10.5. The van der Waals surface area contributed by atoms with Gasteiger partial charge < -0.3 is 25.0 Å². The average molecular weight is 487 g/mol. The molecular formula is C26H38N4O5. The molecule has 1 aromatic heterocycles. The van der Waals surface area contributed by atoms with Crippen molar-refractivity contribution in [2.24, 2.45) is 11.8 Å². The van der Waals surface area contributed by atoms with Crippen LogP contribution in [-0.2, 0) is 19.1 Å². The number of esters is 1. The van der Waals surface area contributed by atoms with Crippen LogP contribution >= 0.6 is 0 Å². The summed E-state index contributed by atoms with van der Waals surface area (Å²) in [6, 6.07) is 3.93. The largest absolute Gasteiger partial charge is 0.460 e. The van der Waals surface area contributed by atoms with Crippen molar-refractivity contribution in [2.45, 2.75) is 77.0 Å². The van der Waals surface area contributed by atoms with Gasteiger partial charge in [-0.25, -0.2) is 4.98 Å². The Morgan fingerprint density at radius 3 is 2.26 bits per heavy atom. The number of likely N-dealkylation sites (tertiary alicyclic amines) is 1. The lowest BCUT2D eigenvalue weighted by Crippen LogP contribution is -2.46. The lowest BCUT2D eigenvalue weighted by molar-refractivity contribution is -0.162. The summed E-state index contributed by atoms with van der Waals surface area (Å²) in [5, 5.41) is 12.7. The number of pyridine rings is 1. The second-order valence-electron chi connectivity index (χ2n) is 11.0. The van der Waals surface area contributed by atoms with Crippen LogP contribution in [-0.4, -0.2) is 70.8 Å². The van der Waals surface area contributed by atoms with Crippen LogP contribution in [0.3, 0.4) is 0 Å². The normalized spacial score (nSPS) is 24.7. The Labute approximate surface area is 207 Å². The maximum Gasteiger partial charge on any atom is 0.309 e. The summed E-state index contributed by atoms with van der Waals surface area (Å²) in [6.07, 6.45) is 4.81. The van der Waals surface area contributed by atoms with Gasteiger partial charge in [0.1, 0.15) is 17.6 Å². The Morgan fingerprint density at radius 1 is 1.03 bits per heavy atom. The van der Waals surface area contributed by atoms with E-state index in [2.05, 4.69) is 15.2 Å². The Morgan fingerprint density at radius 2 is 1.69 bits per heavy atom. The highest BCUT2D eigenvalue weighted by Crippen LogP contribution is 2.30. The molecule has 0 aromatic carbocycles. The Balaban J connectivity index is 1.24. The number of piperidine rings is 3. The molecule has 2 unspecified atom stereocenters. The van der Waals surface area contributed by atoms with E-state index in [9.17, 15) is 19.5 Å². The number of carbonyl (C=O) groups excluding carboxylic acids is 3. The molecule has 0 bridgehead atoms. The van der Waals surface area contributed by atoms with Crippen molar-refractivity contribution in [1.82, 2.24) is 15.2 Å². The molecule has 2 amide bonds. The van der Waals surface area contributed by atoms with Crippen LogP contribution in [0, 0.1) is 11.8 Å². The molecule has 3 aliphatic rings. The Kier molecular flexibility index (Phi) is 7.64. The van der Waals surface area contributed by atoms with Crippen molar-refractivity contribution < 1.29 is 24.2 Å². The summed E-state index contributed by atoms with van der Waals surface area (Å²) in [6.45, 7) is 8.38. The van der Waals surface area contributed by atoms with Crippen LogP contribution in [0.25, 0.3) is 0 Å². The highest BCUT2D eigenvalue weighted by Gasteiger charge is 2.34. The van der Waals surface area contributed by atoms with Crippen molar-refractivity contribution >= 4 is 23.6 Å². The number of aliphatic hydroxyl groups excluding tert-OH is 1. The summed E-state index contributed by atoms with van der Waals surface area (Å²) in [5.41, 5.74) is 0.434. The minimum Gasteiger partial charge on any atom is -0.460 e. The van der Waals surface area contributed by atoms with E-state index in [0.717, 1.165) is 37.3 Å². The zero-order valence-corrected chi connectivity index (χ0v) is 21.0. The standard InChI is InChI=1S/C26H38N4O5/c1-26(2,3)35-25(34)18-10-14-30(15-11-18)24(33)17-8-12-29(13-9-17)21-6-4-19(16-27-21)20-5-7-22(31)28-23(20)32/h4,6,16-18,20,23,32H,5,7-15H2,1-3H3,(H,28,31). The number of amides is 2. The van der Waals surface area contributed by atoms with Crippen LogP contribution in [0.1, 0.15) is 70.8 Å². The molecule has 0 spiro atoms. The molecule has 1 aromatic rings.